The Bertz CT molecular complexity index is 535. The molecule has 84 valence electrons. The predicted octanol–water partition coefficient (Wildman–Crippen LogP) is 3.83. The summed E-state index contributed by atoms with van der Waals surface area (Å²) in [7, 11) is 0. The normalized spacial score (nSPS) is 10.8. The van der Waals surface area contributed by atoms with Crippen molar-refractivity contribution in [1.29, 1.82) is 0 Å². The maximum absolute atomic E-state index is 13.9. The molecule has 0 aliphatic heterocycles. The quantitative estimate of drug-likeness (QED) is 0.750. The second kappa shape index (κ2) is 4.08. The van der Waals surface area contributed by atoms with Crippen LogP contribution in [0.3, 0.4) is 0 Å². The van der Waals surface area contributed by atoms with Gasteiger partial charge in [0.05, 0.1) is 6.61 Å². The lowest BCUT2D eigenvalue weighted by Crippen LogP contribution is -1.97. The first-order valence-corrected chi connectivity index (χ1v) is 5.14. The van der Waals surface area contributed by atoms with E-state index in [0.717, 1.165) is 11.6 Å². The van der Waals surface area contributed by atoms with E-state index in [1.807, 2.05) is 6.92 Å². The molecule has 0 spiro atoms. The van der Waals surface area contributed by atoms with E-state index in [0.29, 0.717) is 12.0 Å². The summed E-state index contributed by atoms with van der Waals surface area (Å²) in [5.41, 5.74) is 0.898. The van der Waals surface area contributed by atoms with Crippen molar-refractivity contribution in [3.05, 3.63) is 41.5 Å². The molecule has 0 unspecified atom stereocenters. The number of ether oxygens (including phenoxy) is 1. The Kier molecular flexibility index (Phi) is 2.77. The molecule has 2 rings (SSSR count). The van der Waals surface area contributed by atoms with Crippen LogP contribution in [0.25, 0.3) is 10.8 Å². The van der Waals surface area contributed by atoms with E-state index in [9.17, 15) is 8.78 Å². The summed E-state index contributed by atoms with van der Waals surface area (Å²) in [6.45, 7) is 3.89. The predicted molar refractivity (Wildman–Crippen MR) is 59.8 cm³/mol. The molecule has 0 radical (unpaired) electrons. The van der Waals surface area contributed by atoms with Crippen molar-refractivity contribution in [2.75, 3.05) is 6.61 Å². The molecular weight excluding hydrogens is 210 g/mol. The van der Waals surface area contributed by atoms with Crippen LogP contribution in [0.4, 0.5) is 8.78 Å². The lowest BCUT2D eigenvalue weighted by molar-refractivity contribution is 0.321. The third kappa shape index (κ3) is 1.73. The topological polar surface area (TPSA) is 9.23 Å². The number of halogens is 2. The summed E-state index contributed by atoms with van der Waals surface area (Å²) in [5.74, 6) is -0.988. The van der Waals surface area contributed by atoms with Gasteiger partial charge in [-0.05, 0) is 19.9 Å². The molecular formula is C13H12F2O. The van der Waals surface area contributed by atoms with Gasteiger partial charge in [0.1, 0.15) is 5.82 Å². The highest BCUT2D eigenvalue weighted by atomic mass is 19.1. The lowest BCUT2D eigenvalue weighted by Gasteiger charge is -2.08. The average Bonchev–Trinajstić information content (AvgIpc) is 2.26. The van der Waals surface area contributed by atoms with Gasteiger partial charge in [-0.3, -0.25) is 0 Å². The van der Waals surface area contributed by atoms with Gasteiger partial charge in [0.25, 0.3) is 0 Å². The van der Waals surface area contributed by atoms with Crippen LogP contribution < -0.4 is 4.74 Å². The molecule has 0 saturated carbocycles. The van der Waals surface area contributed by atoms with E-state index < -0.39 is 11.6 Å². The fraction of sp³-hybridized carbons (Fsp3) is 0.231. The molecule has 0 atom stereocenters. The van der Waals surface area contributed by atoms with Gasteiger partial charge in [-0.25, -0.2) is 8.78 Å². The number of fused-ring (bicyclic) bond motifs is 1. The minimum atomic E-state index is -0.502. The molecule has 0 heterocycles. The molecule has 16 heavy (non-hydrogen) atoms. The van der Waals surface area contributed by atoms with Crippen molar-refractivity contribution in [2.24, 2.45) is 0 Å². The van der Waals surface area contributed by atoms with Crippen molar-refractivity contribution >= 4 is 10.8 Å². The van der Waals surface area contributed by atoms with Crippen molar-refractivity contribution in [3.8, 4) is 5.75 Å². The van der Waals surface area contributed by atoms with Crippen LogP contribution in [-0.4, -0.2) is 6.61 Å². The molecule has 2 aromatic carbocycles. The van der Waals surface area contributed by atoms with Crippen molar-refractivity contribution in [2.45, 2.75) is 13.8 Å². The van der Waals surface area contributed by atoms with Crippen LogP contribution in [0.15, 0.2) is 24.3 Å². The molecule has 0 aromatic heterocycles. The highest BCUT2D eigenvalue weighted by Crippen LogP contribution is 2.29. The second-order valence-electron chi connectivity index (χ2n) is 3.65. The Balaban J connectivity index is 2.74. The zero-order valence-corrected chi connectivity index (χ0v) is 9.18. The summed E-state index contributed by atoms with van der Waals surface area (Å²) < 4.78 is 32.6. The first kappa shape index (κ1) is 10.9. The summed E-state index contributed by atoms with van der Waals surface area (Å²) in [6.07, 6.45) is 0. The zero-order valence-electron chi connectivity index (χ0n) is 9.18. The van der Waals surface area contributed by atoms with Crippen LogP contribution in [0.1, 0.15) is 12.5 Å². The number of benzene rings is 2. The van der Waals surface area contributed by atoms with E-state index in [2.05, 4.69) is 0 Å². The van der Waals surface area contributed by atoms with Gasteiger partial charge in [-0.2, -0.15) is 0 Å². The fourth-order valence-corrected chi connectivity index (χ4v) is 1.70. The van der Waals surface area contributed by atoms with Crippen molar-refractivity contribution < 1.29 is 13.5 Å². The van der Waals surface area contributed by atoms with Crippen molar-refractivity contribution in [1.82, 2.24) is 0 Å². The molecule has 0 amide bonds. The largest absolute Gasteiger partial charge is 0.491 e. The summed E-state index contributed by atoms with van der Waals surface area (Å²) in [5, 5.41) is 0.551. The van der Waals surface area contributed by atoms with E-state index in [1.54, 1.807) is 25.1 Å². The Morgan fingerprint density at radius 2 is 1.88 bits per heavy atom. The van der Waals surface area contributed by atoms with E-state index in [-0.39, 0.29) is 11.1 Å². The van der Waals surface area contributed by atoms with Crippen LogP contribution in [0.5, 0.6) is 5.75 Å². The Morgan fingerprint density at radius 3 is 2.56 bits per heavy atom. The standard InChI is InChI=1S/C13H12F2O/c1-3-16-12-7-11(14)10-6-8(2)4-5-9(10)13(12)15/h4-7H,3H2,1-2H3. The molecule has 0 fully saturated rings. The minimum absolute atomic E-state index is 0.0312. The van der Waals surface area contributed by atoms with Gasteiger partial charge < -0.3 is 4.74 Å². The van der Waals surface area contributed by atoms with Crippen LogP contribution in [0.2, 0.25) is 0 Å². The van der Waals surface area contributed by atoms with Crippen molar-refractivity contribution in [3.63, 3.8) is 0 Å². The van der Waals surface area contributed by atoms with Gasteiger partial charge in [-0.1, -0.05) is 17.7 Å². The van der Waals surface area contributed by atoms with Gasteiger partial charge in [0.15, 0.2) is 11.6 Å². The summed E-state index contributed by atoms with van der Waals surface area (Å²) in [6, 6.07) is 6.05. The number of aryl methyl sites for hydroxylation is 1. The monoisotopic (exact) mass is 222 g/mol. The summed E-state index contributed by atoms with van der Waals surface area (Å²) in [4.78, 5) is 0. The third-order valence-electron chi connectivity index (χ3n) is 2.44. The third-order valence-corrected chi connectivity index (χ3v) is 2.44. The van der Waals surface area contributed by atoms with Gasteiger partial charge >= 0.3 is 0 Å². The van der Waals surface area contributed by atoms with E-state index in [4.69, 9.17) is 4.74 Å². The maximum atomic E-state index is 13.9. The Morgan fingerprint density at radius 1 is 1.12 bits per heavy atom. The molecule has 3 heteroatoms. The molecule has 2 aromatic rings. The molecule has 1 nitrogen and oxygen atoms in total. The highest BCUT2D eigenvalue weighted by Gasteiger charge is 2.12. The average molecular weight is 222 g/mol. The van der Waals surface area contributed by atoms with Crippen LogP contribution in [-0.2, 0) is 0 Å². The molecule has 0 bridgehead atoms. The number of hydrogen-bond donors (Lipinski definition) is 0. The first-order chi connectivity index (χ1) is 7.63. The first-order valence-electron chi connectivity index (χ1n) is 5.14. The van der Waals surface area contributed by atoms with E-state index in [1.165, 1.54) is 0 Å². The zero-order chi connectivity index (χ0) is 11.7. The molecule has 0 saturated heterocycles. The van der Waals surface area contributed by atoms with E-state index >= 15 is 0 Å². The molecule has 0 aliphatic carbocycles. The number of rotatable bonds is 2. The minimum Gasteiger partial charge on any atom is -0.491 e. The second-order valence-corrected chi connectivity index (χ2v) is 3.65. The highest BCUT2D eigenvalue weighted by molar-refractivity contribution is 5.85. The SMILES string of the molecule is CCOc1cc(F)c2cc(C)ccc2c1F. The Labute approximate surface area is 92.7 Å². The van der Waals surface area contributed by atoms with Crippen LogP contribution in [0, 0.1) is 18.6 Å². The summed E-state index contributed by atoms with van der Waals surface area (Å²) >= 11 is 0. The Hall–Kier alpha value is -1.64. The lowest BCUT2D eigenvalue weighted by atomic mass is 10.1. The number of hydrogen-bond acceptors (Lipinski definition) is 1. The van der Waals surface area contributed by atoms with Crippen LogP contribution >= 0.6 is 0 Å². The van der Waals surface area contributed by atoms with Gasteiger partial charge in [0, 0.05) is 16.8 Å². The smallest absolute Gasteiger partial charge is 0.173 e. The molecule has 0 aliphatic rings. The van der Waals surface area contributed by atoms with Gasteiger partial charge in [-0.15, -0.1) is 0 Å². The fourth-order valence-electron chi connectivity index (χ4n) is 1.70. The maximum Gasteiger partial charge on any atom is 0.173 e. The molecule has 0 N–H and O–H groups in total. The van der Waals surface area contributed by atoms with Gasteiger partial charge in [0.2, 0.25) is 0 Å².